The molecule has 5 nitrogen and oxygen atoms in total. The Morgan fingerprint density at radius 2 is 2.12 bits per heavy atom. The number of nitrogens with one attached hydrogen (secondary N) is 1. The molecule has 1 aromatic rings. The van der Waals surface area contributed by atoms with Crippen LogP contribution < -0.4 is 10.5 Å². The van der Waals surface area contributed by atoms with Gasteiger partial charge in [0.25, 0.3) is 0 Å². The van der Waals surface area contributed by atoms with Crippen LogP contribution in [0.4, 0.5) is 11.4 Å². The Morgan fingerprint density at radius 1 is 1.50 bits per heavy atom. The molecular formula is C10H13N3O2S. The SMILES string of the molecule is Cc1ccc(N)c(NS(=O)(=O)C(C)C#N)c1. The third kappa shape index (κ3) is 2.64. The van der Waals surface area contributed by atoms with E-state index in [-0.39, 0.29) is 0 Å². The molecule has 0 aromatic heterocycles. The van der Waals surface area contributed by atoms with Crippen molar-refractivity contribution in [1.29, 1.82) is 5.26 Å². The largest absolute Gasteiger partial charge is 0.397 e. The number of nitrogen functional groups attached to an aromatic ring is 1. The second-order valence-corrected chi connectivity index (χ2v) is 5.51. The zero-order valence-electron chi connectivity index (χ0n) is 9.06. The lowest BCUT2D eigenvalue weighted by Crippen LogP contribution is -2.24. The number of benzene rings is 1. The molecule has 16 heavy (non-hydrogen) atoms. The van der Waals surface area contributed by atoms with Crippen molar-refractivity contribution in [2.45, 2.75) is 19.1 Å². The Balaban J connectivity index is 3.07. The molecule has 0 aliphatic rings. The molecule has 0 radical (unpaired) electrons. The maximum atomic E-state index is 11.6. The summed E-state index contributed by atoms with van der Waals surface area (Å²) in [6.45, 7) is 3.14. The standard InChI is InChI=1S/C10H13N3O2S/c1-7-3-4-9(12)10(5-7)13-16(14,15)8(2)6-11/h3-5,8,13H,12H2,1-2H3. The highest BCUT2D eigenvalue weighted by Gasteiger charge is 2.20. The van der Waals surface area contributed by atoms with E-state index in [1.807, 2.05) is 6.92 Å². The Bertz CT molecular complexity index is 531. The number of hydrogen-bond donors (Lipinski definition) is 2. The molecule has 0 aliphatic carbocycles. The molecule has 0 fully saturated rings. The molecule has 0 amide bonds. The smallest absolute Gasteiger partial charge is 0.248 e. The summed E-state index contributed by atoms with van der Waals surface area (Å²) >= 11 is 0. The van der Waals surface area contributed by atoms with Crippen molar-refractivity contribution in [3.63, 3.8) is 0 Å². The van der Waals surface area contributed by atoms with Crippen LogP contribution in [0, 0.1) is 18.3 Å². The van der Waals surface area contributed by atoms with Gasteiger partial charge in [0, 0.05) is 0 Å². The summed E-state index contributed by atoms with van der Waals surface area (Å²) in [4.78, 5) is 0. The minimum absolute atomic E-state index is 0.307. The van der Waals surface area contributed by atoms with Gasteiger partial charge in [0.05, 0.1) is 17.4 Å². The van der Waals surface area contributed by atoms with Crippen molar-refractivity contribution in [2.24, 2.45) is 0 Å². The lowest BCUT2D eigenvalue weighted by Gasteiger charge is -2.11. The van der Waals surface area contributed by atoms with Gasteiger partial charge in [-0.25, -0.2) is 8.42 Å². The Labute approximate surface area is 94.9 Å². The number of sulfonamides is 1. The monoisotopic (exact) mass is 239 g/mol. The Hall–Kier alpha value is -1.74. The summed E-state index contributed by atoms with van der Waals surface area (Å²) in [7, 11) is -3.69. The van der Waals surface area contributed by atoms with Crippen molar-refractivity contribution >= 4 is 21.4 Å². The summed E-state index contributed by atoms with van der Waals surface area (Å²) in [5.74, 6) is 0. The average molecular weight is 239 g/mol. The number of nitriles is 1. The summed E-state index contributed by atoms with van der Waals surface area (Å²) in [5.41, 5.74) is 7.15. The molecule has 0 saturated carbocycles. The first-order valence-electron chi connectivity index (χ1n) is 4.64. The Kier molecular flexibility index (Phi) is 3.40. The quantitative estimate of drug-likeness (QED) is 0.775. The van der Waals surface area contributed by atoms with E-state index in [4.69, 9.17) is 11.0 Å². The van der Waals surface area contributed by atoms with Crippen molar-refractivity contribution in [1.82, 2.24) is 0 Å². The summed E-state index contributed by atoms with van der Waals surface area (Å²) in [6.07, 6.45) is 0. The number of rotatable bonds is 3. The zero-order valence-corrected chi connectivity index (χ0v) is 9.88. The highest BCUT2D eigenvalue weighted by Crippen LogP contribution is 2.21. The maximum Gasteiger partial charge on any atom is 0.248 e. The molecule has 0 saturated heterocycles. The van der Waals surface area contributed by atoms with Crippen LogP contribution in [-0.4, -0.2) is 13.7 Å². The van der Waals surface area contributed by atoms with Gasteiger partial charge in [0.1, 0.15) is 0 Å². The number of anilines is 2. The second kappa shape index (κ2) is 4.41. The molecule has 1 atom stereocenters. The minimum atomic E-state index is -3.69. The highest BCUT2D eigenvalue weighted by molar-refractivity contribution is 7.93. The normalized spacial score (nSPS) is 12.8. The molecular weight excluding hydrogens is 226 g/mol. The van der Waals surface area contributed by atoms with Gasteiger partial charge in [-0.3, -0.25) is 4.72 Å². The lowest BCUT2D eigenvalue weighted by atomic mass is 10.2. The molecule has 0 spiro atoms. The van der Waals surface area contributed by atoms with E-state index in [1.165, 1.54) is 6.92 Å². The van der Waals surface area contributed by atoms with Crippen molar-refractivity contribution < 1.29 is 8.42 Å². The fraction of sp³-hybridized carbons (Fsp3) is 0.300. The topological polar surface area (TPSA) is 96.0 Å². The molecule has 1 aromatic carbocycles. The highest BCUT2D eigenvalue weighted by atomic mass is 32.2. The van der Waals surface area contributed by atoms with E-state index in [2.05, 4.69) is 4.72 Å². The van der Waals surface area contributed by atoms with Gasteiger partial charge in [-0.05, 0) is 31.5 Å². The molecule has 0 bridgehead atoms. The van der Waals surface area contributed by atoms with Gasteiger partial charge in [-0.1, -0.05) is 6.07 Å². The fourth-order valence-electron chi connectivity index (χ4n) is 1.07. The van der Waals surface area contributed by atoms with Crippen molar-refractivity contribution in [2.75, 3.05) is 10.5 Å². The zero-order chi connectivity index (χ0) is 12.3. The third-order valence-corrected chi connectivity index (χ3v) is 3.65. The molecule has 0 heterocycles. The lowest BCUT2D eigenvalue weighted by molar-refractivity contribution is 0.597. The van der Waals surface area contributed by atoms with Gasteiger partial charge in [-0.15, -0.1) is 0 Å². The van der Waals surface area contributed by atoms with Gasteiger partial charge in [0.15, 0.2) is 5.25 Å². The Morgan fingerprint density at radius 3 is 2.69 bits per heavy atom. The van der Waals surface area contributed by atoms with Crippen LogP contribution in [0.15, 0.2) is 18.2 Å². The van der Waals surface area contributed by atoms with Crippen LogP contribution in [-0.2, 0) is 10.0 Å². The predicted molar refractivity (Wildman–Crippen MR) is 63.2 cm³/mol. The molecule has 1 rings (SSSR count). The van der Waals surface area contributed by atoms with Crippen LogP contribution in [0.1, 0.15) is 12.5 Å². The number of nitrogens with zero attached hydrogens (tertiary/aromatic N) is 1. The second-order valence-electron chi connectivity index (χ2n) is 3.51. The first-order chi connectivity index (χ1) is 7.36. The maximum absolute atomic E-state index is 11.6. The van der Waals surface area contributed by atoms with E-state index >= 15 is 0 Å². The number of hydrogen-bond acceptors (Lipinski definition) is 4. The summed E-state index contributed by atoms with van der Waals surface area (Å²) < 4.78 is 25.5. The molecule has 1 unspecified atom stereocenters. The van der Waals surface area contributed by atoms with E-state index in [9.17, 15) is 8.42 Å². The minimum Gasteiger partial charge on any atom is -0.397 e. The van der Waals surface area contributed by atoms with Gasteiger partial charge in [-0.2, -0.15) is 5.26 Å². The number of nitrogens with two attached hydrogens (primary N) is 1. The number of aryl methyl sites for hydroxylation is 1. The van der Waals surface area contributed by atoms with E-state index < -0.39 is 15.3 Å². The van der Waals surface area contributed by atoms with Crippen molar-refractivity contribution in [3.05, 3.63) is 23.8 Å². The van der Waals surface area contributed by atoms with Gasteiger partial charge >= 0.3 is 0 Å². The van der Waals surface area contributed by atoms with Crippen molar-refractivity contribution in [3.8, 4) is 6.07 Å². The van der Waals surface area contributed by atoms with Crippen LogP contribution in [0.3, 0.4) is 0 Å². The van der Waals surface area contributed by atoms with E-state index in [0.29, 0.717) is 11.4 Å². The van der Waals surface area contributed by atoms with Gasteiger partial charge < -0.3 is 5.73 Å². The van der Waals surface area contributed by atoms with Crippen LogP contribution in [0.2, 0.25) is 0 Å². The van der Waals surface area contributed by atoms with E-state index in [0.717, 1.165) is 5.56 Å². The first kappa shape index (κ1) is 12.3. The van der Waals surface area contributed by atoms with Crippen LogP contribution in [0.25, 0.3) is 0 Å². The van der Waals surface area contributed by atoms with Gasteiger partial charge in [0.2, 0.25) is 10.0 Å². The molecule has 0 aliphatic heterocycles. The molecule has 3 N–H and O–H groups in total. The molecule has 6 heteroatoms. The predicted octanol–water partition coefficient (Wildman–Crippen LogP) is 1.23. The van der Waals surface area contributed by atoms with E-state index in [1.54, 1.807) is 24.3 Å². The van der Waals surface area contributed by atoms with Crippen LogP contribution in [0.5, 0.6) is 0 Å². The summed E-state index contributed by atoms with van der Waals surface area (Å²) in [6, 6.07) is 6.68. The third-order valence-electron chi connectivity index (χ3n) is 2.11. The fourth-order valence-corrected chi connectivity index (χ4v) is 1.87. The summed E-state index contributed by atoms with van der Waals surface area (Å²) in [5, 5.41) is 7.45. The molecule has 86 valence electrons. The van der Waals surface area contributed by atoms with Crippen LogP contribution >= 0.6 is 0 Å². The first-order valence-corrected chi connectivity index (χ1v) is 6.19. The average Bonchev–Trinajstić information content (AvgIpc) is 2.22.